The first kappa shape index (κ1) is 16.8. The van der Waals surface area contributed by atoms with Crippen LogP contribution in [0.4, 0.5) is 0 Å². The van der Waals surface area contributed by atoms with Crippen LogP contribution >= 0.6 is 0 Å². The van der Waals surface area contributed by atoms with Gasteiger partial charge in [0.25, 0.3) is 0 Å². The third kappa shape index (κ3) is 3.13. The molecule has 0 aromatic heterocycles. The van der Waals surface area contributed by atoms with Crippen molar-refractivity contribution >= 4 is 0 Å². The highest BCUT2D eigenvalue weighted by molar-refractivity contribution is 5.54. The van der Waals surface area contributed by atoms with Crippen molar-refractivity contribution in [2.24, 2.45) is 0 Å². The highest BCUT2D eigenvalue weighted by atomic mass is 16.3. The summed E-state index contributed by atoms with van der Waals surface area (Å²) in [6.45, 7) is 6.56. The lowest BCUT2D eigenvalue weighted by molar-refractivity contribution is 0.420. The predicted octanol–water partition coefficient (Wildman–Crippen LogP) is 6.08. The zero-order valence-corrected chi connectivity index (χ0v) is 14.9. The van der Waals surface area contributed by atoms with E-state index >= 15 is 0 Å². The molecule has 0 amide bonds. The minimum absolute atomic E-state index is 0.0512. The molecule has 0 spiro atoms. The maximum absolute atomic E-state index is 11.2. The highest BCUT2D eigenvalue weighted by Crippen LogP contribution is 2.44. The SMILES string of the molecule is CCC(C)(C)c1c[c]c(C2C=CC=CC2)c(C2C=CC=CC2)c1O. The molecule has 0 aliphatic heterocycles. The van der Waals surface area contributed by atoms with E-state index in [9.17, 15) is 5.11 Å². The summed E-state index contributed by atoms with van der Waals surface area (Å²) in [5.41, 5.74) is 3.18. The molecule has 0 heterocycles. The van der Waals surface area contributed by atoms with Crippen molar-refractivity contribution in [3.63, 3.8) is 0 Å². The first-order valence-electron chi connectivity index (χ1n) is 8.99. The van der Waals surface area contributed by atoms with Crippen molar-refractivity contribution < 1.29 is 5.11 Å². The first-order chi connectivity index (χ1) is 11.5. The Hall–Kier alpha value is -2.02. The van der Waals surface area contributed by atoms with Gasteiger partial charge in [-0.25, -0.2) is 0 Å². The fraction of sp³-hybridized carbons (Fsp3) is 0.391. The minimum atomic E-state index is -0.0512. The number of allylic oxidation sites excluding steroid dienone is 8. The largest absolute Gasteiger partial charge is 0.507 e. The minimum Gasteiger partial charge on any atom is -0.507 e. The van der Waals surface area contributed by atoms with Crippen molar-refractivity contribution in [3.8, 4) is 5.75 Å². The topological polar surface area (TPSA) is 20.2 Å². The van der Waals surface area contributed by atoms with Crippen molar-refractivity contribution in [1.82, 2.24) is 0 Å². The van der Waals surface area contributed by atoms with Crippen LogP contribution in [0.5, 0.6) is 5.75 Å². The third-order valence-corrected chi connectivity index (χ3v) is 5.49. The second kappa shape index (κ2) is 6.84. The van der Waals surface area contributed by atoms with Gasteiger partial charge in [-0.2, -0.15) is 0 Å². The van der Waals surface area contributed by atoms with Crippen LogP contribution in [0.25, 0.3) is 0 Å². The Morgan fingerprint density at radius 1 is 1.04 bits per heavy atom. The number of phenolic OH excluding ortho intramolecular Hbond substituents is 1. The van der Waals surface area contributed by atoms with Crippen molar-refractivity contribution in [2.75, 3.05) is 0 Å². The van der Waals surface area contributed by atoms with Gasteiger partial charge in [-0.3, -0.25) is 0 Å². The van der Waals surface area contributed by atoms with E-state index in [1.165, 1.54) is 0 Å². The number of phenols is 1. The van der Waals surface area contributed by atoms with Gasteiger partial charge in [0.2, 0.25) is 0 Å². The normalized spacial score (nSPS) is 23.0. The Morgan fingerprint density at radius 3 is 2.21 bits per heavy atom. The Labute approximate surface area is 146 Å². The zero-order chi connectivity index (χ0) is 17.2. The van der Waals surface area contributed by atoms with E-state index in [0.717, 1.165) is 36.0 Å². The monoisotopic (exact) mass is 319 g/mol. The highest BCUT2D eigenvalue weighted by Gasteiger charge is 2.29. The van der Waals surface area contributed by atoms with Crippen LogP contribution < -0.4 is 0 Å². The van der Waals surface area contributed by atoms with Crippen molar-refractivity contribution in [3.05, 3.63) is 77.4 Å². The van der Waals surface area contributed by atoms with Crippen molar-refractivity contribution in [2.45, 2.75) is 57.3 Å². The molecule has 0 bridgehead atoms. The second-order valence-corrected chi connectivity index (χ2v) is 7.43. The Morgan fingerprint density at radius 2 is 1.67 bits per heavy atom. The van der Waals surface area contributed by atoms with E-state index < -0.39 is 0 Å². The summed E-state index contributed by atoms with van der Waals surface area (Å²) < 4.78 is 0. The zero-order valence-electron chi connectivity index (χ0n) is 14.9. The summed E-state index contributed by atoms with van der Waals surface area (Å²) in [4.78, 5) is 0. The molecule has 24 heavy (non-hydrogen) atoms. The number of benzene rings is 1. The Kier molecular flexibility index (Phi) is 4.80. The van der Waals surface area contributed by atoms with Gasteiger partial charge >= 0.3 is 0 Å². The Bertz CT molecular complexity index is 716. The molecule has 0 saturated heterocycles. The summed E-state index contributed by atoms with van der Waals surface area (Å²) in [6, 6.07) is 5.57. The lowest BCUT2D eigenvalue weighted by Crippen LogP contribution is -2.18. The molecule has 2 aliphatic rings. The lowest BCUT2D eigenvalue weighted by Gasteiger charge is -2.30. The van der Waals surface area contributed by atoms with Gasteiger partial charge in [-0.1, -0.05) is 69.4 Å². The predicted molar refractivity (Wildman–Crippen MR) is 102 cm³/mol. The number of hydrogen-bond donors (Lipinski definition) is 1. The third-order valence-electron chi connectivity index (χ3n) is 5.49. The Balaban J connectivity index is 2.13. The van der Waals surface area contributed by atoms with Gasteiger partial charge in [-0.15, -0.1) is 0 Å². The van der Waals surface area contributed by atoms with E-state index in [4.69, 9.17) is 0 Å². The van der Waals surface area contributed by atoms with Crippen LogP contribution in [0.1, 0.15) is 68.6 Å². The molecule has 1 aromatic carbocycles. The molecule has 1 heteroatoms. The van der Waals surface area contributed by atoms with Crippen LogP contribution in [-0.4, -0.2) is 5.11 Å². The van der Waals surface area contributed by atoms with Gasteiger partial charge in [0.05, 0.1) is 0 Å². The van der Waals surface area contributed by atoms with Gasteiger partial charge < -0.3 is 5.11 Å². The number of rotatable bonds is 4. The van der Waals surface area contributed by atoms with Crippen LogP contribution in [0.15, 0.2) is 54.7 Å². The smallest absolute Gasteiger partial charge is 0.123 e. The first-order valence-corrected chi connectivity index (χ1v) is 8.99. The van der Waals surface area contributed by atoms with Gasteiger partial charge in [0.1, 0.15) is 5.75 Å². The molecule has 1 N–H and O–H groups in total. The van der Waals surface area contributed by atoms with Gasteiger partial charge in [-0.05, 0) is 42.4 Å². The van der Waals surface area contributed by atoms with Gasteiger partial charge in [0, 0.05) is 23.0 Å². The molecule has 2 atom stereocenters. The fourth-order valence-electron chi connectivity index (χ4n) is 3.55. The van der Waals surface area contributed by atoms with Gasteiger partial charge in [0.15, 0.2) is 0 Å². The van der Waals surface area contributed by atoms with Crippen LogP contribution in [0.2, 0.25) is 0 Å². The molecule has 3 rings (SSSR count). The summed E-state index contributed by atoms with van der Waals surface area (Å²) in [5, 5.41) is 11.2. The van der Waals surface area contributed by atoms with E-state index in [-0.39, 0.29) is 11.3 Å². The van der Waals surface area contributed by atoms with E-state index in [1.807, 2.05) is 6.07 Å². The standard InChI is InChI=1S/C23H27O/c1-4-23(2,3)20-16-15-19(17-11-7-5-8-12-17)21(22(20)24)18-13-9-6-10-14-18/h5-11,13,16-18,24H,4,12,14H2,1-3H3. The van der Waals surface area contributed by atoms with E-state index in [2.05, 4.69) is 75.4 Å². The second-order valence-electron chi connectivity index (χ2n) is 7.43. The molecular weight excluding hydrogens is 292 g/mol. The average Bonchev–Trinajstić information content (AvgIpc) is 2.62. The van der Waals surface area contributed by atoms with E-state index in [1.54, 1.807) is 0 Å². The molecule has 0 saturated carbocycles. The molecule has 0 fully saturated rings. The molecule has 2 unspecified atom stereocenters. The molecule has 1 aromatic rings. The molecule has 2 aliphatic carbocycles. The summed E-state index contributed by atoms with van der Waals surface area (Å²) in [5.74, 6) is 1.01. The fourth-order valence-corrected chi connectivity index (χ4v) is 3.55. The average molecular weight is 319 g/mol. The van der Waals surface area contributed by atoms with Crippen molar-refractivity contribution in [1.29, 1.82) is 0 Å². The summed E-state index contributed by atoms with van der Waals surface area (Å²) in [6.07, 6.45) is 20.1. The van der Waals surface area contributed by atoms with Crippen LogP contribution in [-0.2, 0) is 5.41 Å². The summed E-state index contributed by atoms with van der Waals surface area (Å²) in [7, 11) is 0. The molecule has 1 radical (unpaired) electrons. The number of hydrogen-bond acceptors (Lipinski definition) is 1. The van der Waals surface area contributed by atoms with Crippen LogP contribution in [0.3, 0.4) is 0 Å². The van der Waals surface area contributed by atoms with E-state index in [0.29, 0.717) is 11.7 Å². The maximum Gasteiger partial charge on any atom is 0.123 e. The maximum atomic E-state index is 11.2. The molecular formula is C23H27O. The quantitative estimate of drug-likeness (QED) is 0.713. The summed E-state index contributed by atoms with van der Waals surface area (Å²) >= 11 is 0. The van der Waals surface area contributed by atoms with Crippen LogP contribution in [0, 0.1) is 6.07 Å². The molecule has 1 nitrogen and oxygen atoms in total. The lowest BCUT2D eigenvalue weighted by atomic mass is 9.75. The number of aromatic hydroxyl groups is 1. The molecule has 125 valence electrons.